The molecule has 0 rings (SSSR count). The molecule has 1 unspecified atom stereocenters. The second-order valence-corrected chi connectivity index (χ2v) is 8.21. The van der Waals surface area contributed by atoms with Crippen LogP contribution >= 0.6 is 0 Å². The molecule has 0 radical (unpaired) electrons. The summed E-state index contributed by atoms with van der Waals surface area (Å²) in [5.74, 6) is 0.442. The van der Waals surface area contributed by atoms with Crippen LogP contribution in [0.15, 0.2) is 0 Å². The van der Waals surface area contributed by atoms with Gasteiger partial charge in [-0.15, -0.1) is 0 Å². The van der Waals surface area contributed by atoms with Gasteiger partial charge in [0.05, 0.1) is 6.61 Å². The largest absolute Gasteiger partial charge is 0.466 e. The van der Waals surface area contributed by atoms with Crippen LogP contribution in [-0.4, -0.2) is 12.6 Å². The van der Waals surface area contributed by atoms with Gasteiger partial charge in [-0.3, -0.25) is 4.79 Å². The van der Waals surface area contributed by atoms with Gasteiger partial charge in [0.2, 0.25) is 0 Å². The summed E-state index contributed by atoms with van der Waals surface area (Å²) in [5.41, 5.74) is 0. The molecule has 156 valence electrons. The third kappa shape index (κ3) is 19.8. The highest BCUT2D eigenvalue weighted by Gasteiger charge is 2.09. The van der Waals surface area contributed by atoms with Crippen molar-refractivity contribution in [3.8, 4) is 0 Å². The zero-order chi connectivity index (χ0) is 19.3. The number of hydrogen-bond acceptors (Lipinski definition) is 2. The van der Waals surface area contributed by atoms with Crippen molar-refractivity contribution in [2.24, 2.45) is 5.92 Å². The molecule has 0 N–H and O–H groups in total. The van der Waals surface area contributed by atoms with Crippen LogP contribution < -0.4 is 0 Å². The minimum absolute atomic E-state index is 0.0310. The molecular formula is C24H48O2. The molecule has 0 aliphatic heterocycles. The molecule has 26 heavy (non-hydrogen) atoms. The highest BCUT2D eigenvalue weighted by Crippen LogP contribution is 2.16. The molecule has 2 heteroatoms. The summed E-state index contributed by atoms with van der Waals surface area (Å²) in [6.45, 7) is 6.83. The maximum Gasteiger partial charge on any atom is 0.306 e. The van der Waals surface area contributed by atoms with Crippen molar-refractivity contribution < 1.29 is 9.53 Å². The van der Waals surface area contributed by atoms with Crippen LogP contribution in [0.4, 0.5) is 0 Å². The zero-order valence-corrected chi connectivity index (χ0v) is 18.3. The maximum atomic E-state index is 11.4. The Morgan fingerprint density at radius 1 is 0.654 bits per heavy atom. The minimum atomic E-state index is -0.0310. The highest BCUT2D eigenvalue weighted by molar-refractivity contribution is 5.69. The molecule has 0 aliphatic carbocycles. The van der Waals surface area contributed by atoms with Gasteiger partial charge in [0.15, 0.2) is 0 Å². The van der Waals surface area contributed by atoms with Gasteiger partial charge in [-0.05, 0) is 12.8 Å². The zero-order valence-electron chi connectivity index (χ0n) is 18.3. The molecule has 0 aromatic rings. The average molecular weight is 369 g/mol. The normalized spacial score (nSPS) is 12.3. The predicted octanol–water partition coefficient (Wildman–Crippen LogP) is 8.23. The van der Waals surface area contributed by atoms with Gasteiger partial charge >= 0.3 is 5.97 Å². The standard InChI is InChI=1S/C24H48O2/c1-4-6-7-8-9-10-11-12-13-14-15-16-17-18-19-20-21-23(3)22-24(25)26-5-2/h23H,4-22H2,1-3H3. The fraction of sp³-hybridized carbons (Fsp3) is 0.958. The van der Waals surface area contributed by atoms with E-state index in [-0.39, 0.29) is 5.97 Å². The Labute approximate surface area is 164 Å². The first-order valence-corrected chi connectivity index (χ1v) is 11.9. The molecule has 0 saturated heterocycles. The first-order valence-electron chi connectivity index (χ1n) is 11.9. The maximum absolute atomic E-state index is 11.4. The average Bonchev–Trinajstić information content (AvgIpc) is 2.61. The van der Waals surface area contributed by atoms with Crippen LogP contribution in [0.2, 0.25) is 0 Å². The monoisotopic (exact) mass is 368 g/mol. The van der Waals surface area contributed by atoms with E-state index in [1.54, 1.807) is 0 Å². The van der Waals surface area contributed by atoms with Crippen LogP contribution in [0, 0.1) is 5.92 Å². The summed E-state index contributed by atoms with van der Waals surface area (Å²) < 4.78 is 5.01. The molecule has 0 aromatic heterocycles. The number of rotatable bonds is 20. The molecule has 0 heterocycles. The second-order valence-electron chi connectivity index (χ2n) is 8.21. The lowest BCUT2D eigenvalue weighted by atomic mass is 9.99. The fourth-order valence-electron chi connectivity index (χ4n) is 3.65. The number of esters is 1. The van der Waals surface area contributed by atoms with Crippen molar-refractivity contribution in [1.82, 2.24) is 0 Å². The van der Waals surface area contributed by atoms with E-state index in [9.17, 15) is 4.79 Å². The Hall–Kier alpha value is -0.530. The van der Waals surface area contributed by atoms with Crippen molar-refractivity contribution in [2.75, 3.05) is 6.61 Å². The molecule has 0 fully saturated rings. The third-order valence-corrected chi connectivity index (χ3v) is 5.37. The van der Waals surface area contributed by atoms with E-state index < -0.39 is 0 Å². The van der Waals surface area contributed by atoms with Gasteiger partial charge in [0.1, 0.15) is 0 Å². The first kappa shape index (κ1) is 25.5. The first-order chi connectivity index (χ1) is 12.7. The lowest BCUT2D eigenvalue weighted by molar-refractivity contribution is -0.144. The van der Waals surface area contributed by atoms with Crippen LogP contribution in [0.3, 0.4) is 0 Å². The van der Waals surface area contributed by atoms with E-state index in [0.717, 1.165) is 6.42 Å². The molecule has 0 aliphatic rings. The second kappa shape index (κ2) is 20.8. The third-order valence-electron chi connectivity index (χ3n) is 5.37. The fourth-order valence-corrected chi connectivity index (χ4v) is 3.65. The Kier molecular flexibility index (Phi) is 20.4. The van der Waals surface area contributed by atoms with Gasteiger partial charge in [-0.1, -0.05) is 123 Å². The Morgan fingerprint density at radius 2 is 1.04 bits per heavy atom. The highest BCUT2D eigenvalue weighted by atomic mass is 16.5. The van der Waals surface area contributed by atoms with Crippen LogP contribution in [0.25, 0.3) is 0 Å². The molecule has 0 saturated carbocycles. The Bertz CT molecular complexity index is 288. The van der Waals surface area contributed by atoms with E-state index in [0.29, 0.717) is 18.9 Å². The lowest BCUT2D eigenvalue weighted by Gasteiger charge is -2.10. The number of carbonyl (C=O) groups excluding carboxylic acids is 1. The van der Waals surface area contributed by atoms with Crippen molar-refractivity contribution in [3.05, 3.63) is 0 Å². The van der Waals surface area contributed by atoms with Gasteiger partial charge in [-0.2, -0.15) is 0 Å². The van der Waals surface area contributed by atoms with Crippen LogP contribution in [-0.2, 0) is 9.53 Å². The predicted molar refractivity (Wildman–Crippen MR) is 115 cm³/mol. The Morgan fingerprint density at radius 3 is 1.42 bits per heavy atom. The summed E-state index contributed by atoms with van der Waals surface area (Å²) in [7, 11) is 0. The minimum Gasteiger partial charge on any atom is -0.466 e. The molecule has 1 atom stereocenters. The Balaban J connectivity index is 3.14. The van der Waals surface area contributed by atoms with Crippen LogP contribution in [0.1, 0.15) is 136 Å². The SMILES string of the molecule is CCCCCCCCCCCCCCCCCCC(C)CC(=O)OCC. The molecule has 0 aromatic carbocycles. The summed E-state index contributed by atoms with van der Waals surface area (Å²) in [6, 6.07) is 0. The van der Waals surface area contributed by atoms with Crippen molar-refractivity contribution in [2.45, 2.75) is 136 Å². The summed E-state index contributed by atoms with van der Waals surface area (Å²) in [6.07, 6.45) is 24.3. The van der Waals surface area contributed by atoms with Gasteiger partial charge < -0.3 is 4.74 Å². The van der Waals surface area contributed by atoms with Gasteiger partial charge in [-0.25, -0.2) is 0 Å². The van der Waals surface area contributed by atoms with E-state index in [4.69, 9.17) is 4.74 Å². The molecule has 0 spiro atoms. The number of carbonyl (C=O) groups is 1. The topological polar surface area (TPSA) is 26.3 Å². The van der Waals surface area contributed by atoms with Gasteiger partial charge in [0, 0.05) is 6.42 Å². The molecule has 0 bridgehead atoms. The number of unbranched alkanes of at least 4 members (excludes halogenated alkanes) is 15. The lowest BCUT2D eigenvalue weighted by Crippen LogP contribution is -2.09. The summed E-state index contributed by atoms with van der Waals surface area (Å²) >= 11 is 0. The molecule has 0 amide bonds. The van der Waals surface area contributed by atoms with Gasteiger partial charge in [0.25, 0.3) is 0 Å². The van der Waals surface area contributed by atoms with Crippen molar-refractivity contribution in [3.63, 3.8) is 0 Å². The van der Waals surface area contributed by atoms with E-state index in [1.807, 2.05) is 6.92 Å². The van der Waals surface area contributed by atoms with Crippen molar-refractivity contribution in [1.29, 1.82) is 0 Å². The molecular weight excluding hydrogens is 320 g/mol. The summed E-state index contributed by atoms with van der Waals surface area (Å²) in [5, 5.41) is 0. The quantitative estimate of drug-likeness (QED) is 0.160. The van der Waals surface area contributed by atoms with E-state index >= 15 is 0 Å². The summed E-state index contributed by atoms with van der Waals surface area (Å²) in [4.78, 5) is 11.4. The number of ether oxygens (including phenoxy) is 1. The van der Waals surface area contributed by atoms with Crippen molar-refractivity contribution >= 4 is 5.97 Å². The van der Waals surface area contributed by atoms with E-state index in [2.05, 4.69) is 13.8 Å². The molecule has 2 nitrogen and oxygen atoms in total. The van der Waals surface area contributed by atoms with Crippen LogP contribution in [0.5, 0.6) is 0 Å². The van der Waals surface area contributed by atoms with E-state index in [1.165, 1.54) is 103 Å². The number of hydrogen-bond donors (Lipinski definition) is 0. The smallest absolute Gasteiger partial charge is 0.306 e.